The Kier molecular flexibility index (Phi) is 4.10. The van der Waals surface area contributed by atoms with Crippen LogP contribution in [0.15, 0.2) is 24.3 Å². The van der Waals surface area contributed by atoms with Gasteiger partial charge in [-0.05, 0) is 25.6 Å². The Hall–Kier alpha value is -0.970. The van der Waals surface area contributed by atoms with Crippen LogP contribution in [0, 0.1) is 0 Å². The first-order valence-electron chi connectivity index (χ1n) is 5.51. The van der Waals surface area contributed by atoms with E-state index < -0.39 is 0 Å². The lowest BCUT2D eigenvalue weighted by molar-refractivity contribution is 0.568. The van der Waals surface area contributed by atoms with Gasteiger partial charge in [0.2, 0.25) is 0 Å². The summed E-state index contributed by atoms with van der Waals surface area (Å²) < 4.78 is 0. The second-order valence-electron chi connectivity index (χ2n) is 3.70. The van der Waals surface area contributed by atoms with Crippen LogP contribution in [0.4, 0.5) is 0 Å². The zero-order valence-electron chi connectivity index (χ0n) is 9.77. The second kappa shape index (κ2) is 5.58. The van der Waals surface area contributed by atoms with Crippen molar-refractivity contribution in [3.8, 4) is 10.6 Å². The van der Waals surface area contributed by atoms with Gasteiger partial charge >= 0.3 is 0 Å². The number of nitrogens with zero attached hydrogens (tertiary/aromatic N) is 2. The summed E-state index contributed by atoms with van der Waals surface area (Å²) in [5, 5.41) is 14.4. The number of benzene rings is 1. The average molecular weight is 268 g/mol. The number of halogens is 1. The van der Waals surface area contributed by atoms with Crippen molar-refractivity contribution in [2.75, 3.05) is 7.05 Å². The van der Waals surface area contributed by atoms with Crippen molar-refractivity contribution in [1.82, 2.24) is 15.5 Å². The minimum absolute atomic E-state index is 0.286. The summed E-state index contributed by atoms with van der Waals surface area (Å²) in [6.07, 6.45) is 1.01. The molecular weight excluding hydrogens is 254 g/mol. The minimum atomic E-state index is 0.286. The standard InChI is InChI=1S/C12H14ClN3S/c1-3-10(14-2)12-16-15-11(17-12)8-4-6-9(13)7-5-8/h4-7,10,14H,3H2,1-2H3. The van der Waals surface area contributed by atoms with Gasteiger partial charge in [0.15, 0.2) is 0 Å². The van der Waals surface area contributed by atoms with Crippen LogP contribution in [0.3, 0.4) is 0 Å². The molecule has 0 radical (unpaired) electrons. The van der Waals surface area contributed by atoms with Gasteiger partial charge in [-0.15, -0.1) is 10.2 Å². The zero-order chi connectivity index (χ0) is 12.3. The first-order chi connectivity index (χ1) is 8.24. The Labute approximate surface area is 110 Å². The molecule has 0 aliphatic rings. The topological polar surface area (TPSA) is 37.8 Å². The van der Waals surface area contributed by atoms with E-state index in [1.54, 1.807) is 11.3 Å². The molecule has 0 amide bonds. The fourth-order valence-electron chi connectivity index (χ4n) is 1.59. The molecule has 1 heterocycles. The van der Waals surface area contributed by atoms with Gasteiger partial charge in [0.05, 0.1) is 6.04 Å². The normalized spacial score (nSPS) is 12.6. The van der Waals surface area contributed by atoms with Gasteiger partial charge in [-0.2, -0.15) is 0 Å². The molecule has 0 aliphatic carbocycles. The van der Waals surface area contributed by atoms with E-state index in [-0.39, 0.29) is 6.04 Å². The number of rotatable bonds is 4. The molecule has 0 aliphatic heterocycles. The molecule has 1 unspecified atom stereocenters. The van der Waals surface area contributed by atoms with E-state index in [9.17, 15) is 0 Å². The maximum atomic E-state index is 5.86. The summed E-state index contributed by atoms with van der Waals surface area (Å²) in [6.45, 7) is 2.13. The van der Waals surface area contributed by atoms with Gasteiger partial charge in [-0.3, -0.25) is 0 Å². The van der Waals surface area contributed by atoms with E-state index in [2.05, 4.69) is 22.4 Å². The Bertz CT molecular complexity index is 477. The number of hydrogen-bond donors (Lipinski definition) is 1. The highest BCUT2D eigenvalue weighted by Gasteiger charge is 2.13. The second-order valence-corrected chi connectivity index (χ2v) is 5.15. The van der Waals surface area contributed by atoms with Gasteiger partial charge in [0, 0.05) is 10.6 Å². The Morgan fingerprint density at radius 1 is 1.29 bits per heavy atom. The van der Waals surface area contributed by atoms with Crippen LogP contribution in [-0.4, -0.2) is 17.2 Å². The van der Waals surface area contributed by atoms with E-state index in [0.29, 0.717) is 0 Å². The Balaban J connectivity index is 2.26. The predicted octanol–water partition coefficient (Wildman–Crippen LogP) is 3.53. The van der Waals surface area contributed by atoms with Crippen molar-refractivity contribution < 1.29 is 0 Å². The minimum Gasteiger partial charge on any atom is -0.311 e. The summed E-state index contributed by atoms with van der Waals surface area (Å²) in [5.74, 6) is 0. The molecule has 1 aromatic carbocycles. The SMILES string of the molecule is CCC(NC)c1nnc(-c2ccc(Cl)cc2)s1. The smallest absolute Gasteiger partial charge is 0.147 e. The highest BCUT2D eigenvalue weighted by atomic mass is 35.5. The van der Waals surface area contributed by atoms with Gasteiger partial charge in [0.1, 0.15) is 10.0 Å². The summed E-state index contributed by atoms with van der Waals surface area (Å²) in [4.78, 5) is 0. The predicted molar refractivity (Wildman–Crippen MR) is 72.4 cm³/mol. The maximum Gasteiger partial charge on any atom is 0.147 e. The zero-order valence-corrected chi connectivity index (χ0v) is 11.3. The van der Waals surface area contributed by atoms with Crippen molar-refractivity contribution >= 4 is 22.9 Å². The molecule has 3 nitrogen and oxygen atoms in total. The molecule has 0 bridgehead atoms. The maximum absolute atomic E-state index is 5.86. The van der Waals surface area contributed by atoms with Crippen molar-refractivity contribution in [3.05, 3.63) is 34.3 Å². The van der Waals surface area contributed by atoms with Crippen LogP contribution in [0.1, 0.15) is 24.4 Å². The quantitative estimate of drug-likeness (QED) is 0.921. The fourth-order valence-corrected chi connectivity index (χ4v) is 2.75. The van der Waals surface area contributed by atoms with Gasteiger partial charge in [-0.1, -0.05) is 42.0 Å². The lowest BCUT2D eigenvalue weighted by atomic mass is 10.2. The first-order valence-corrected chi connectivity index (χ1v) is 6.70. The lowest BCUT2D eigenvalue weighted by Gasteiger charge is -2.07. The van der Waals surface area contributed by atoms with Crippen LogP contribution in [-0.2, 0) is 0 Å². The van der Waals surface area contributed by atoms with Crippen molar-refractivity contribution in [2.24, 2.45) is 0 Å². The highest BCUT2D eigenvalue weighted by molar-refractivity contribution is 7.14. The van der Waals surface area contributed by atoms with Gasteiger partial charge < -0.3 is 5.32 Å². The highest BCUT2D eigenvalue weighted by Crippen LogP contribution is 2.28. The first kappa shape index (κ1) is 12.5. The molecule has 0 fully saturated rings. The molecule has 0 spiro atoms. The third-order valence-electron chi connectivity index (χ3n) is 2.59. The Morgan fingerprint density at radius 3 is 2.59 bits per heavy atom. The van der Waals surface area contributed by atoms with Crippen LogP contribution in [0.2, 0.25) is 5.02 Å². The summed E-state index contributed by atoms with van der Waals surface area (Å²) in [6, 6.07) is 7.95. The molecule has 1 atom stereocenters. The van der Waals surface area contributed by atoms with Crippen molar-refractivity contribution in [1.29, 1.82) is 0 Å². The molecule has 1 N–H and O–H groups in total. The lowest BCUT2D eigenvalue weighted by Crippen LogP contribution is -2.14. The van der Waals surface area contributed by atoms with Gasteiger partial charge in [-0.25, -0.2) is 0 Å². The van der Waals surface area contributed by atoms with Crippen LogP contribution in [0.5, 0.6) is 0 Å². The molecular formula is C12H14ClN3S. The van der Waals surface area contributed by atoms with Crippen LogP contribution >= 0.6 is 22.9 Å². The monoisotopic (exact) mass is 267 g/mol. The summed E-state index contributed by atoms with van der Waals surface area (Å²) in [7, 11) is 1.94. The average Bonchev–Trinajstić information content (AvgIpc) is 2.81. The van der Waals surface area contributed by atoms with E-state index >= 15 is 0 Å². The van der Waals surface area contributed by atoms with Gasteiger partial charge in [0.25, 0.3) is 0 Å². The van der Waals surface area contributed by atoms with E-state index in [4.69, 9.17) is 11.6 Å². The molecule has 2 aromatic rings. The largest absolute Gasteiger partial charge is 0.311 e. The summed E-state index contributed by atoms with van der Waals surface area (Å²) in [5.41, 5.74) is 1.06. The van der Waals surface area contributed by atoms with Crippen molar-refractivity contribution in [3.63, 3.8) is 0 Å². The third-order valence-corrected chi connectivity index (χ3v) is 3.92. The van der Waals surface area contributed by atoms with E-state index in [1.165, 1.54) is 0 Å². The molecule has 90 valence electrons. The molecule has 17 heavy (non-hydrogen) atoms. The van der Waals surface area contributed by atoms with E-state index in [1.807, 2.05) is 31.3 Å². The molecule has 1 aromatic heterocycles. The fraction of sp³-hybridized carbons (Fsp3) is 0.333. The molecule has 0 saturated heterocycles. The molecule has 0 saturated carbocycles. The molecule has 2 rings (SSSR count). The number of nitrogens with one attached hydrogen (secondary N) is 1. The van der Waals surface area contributed by atoms with Crippen molar-refractivity contribution in [2.45, 2.75) is 19.4 Å². The van der Waals surface area contributed by atoms with E-state index in [0.717, 1.165) is 27.0 Å². The summed E-state index contributed by atoms with van der Waals surface area (Å²) >= 11 is 7.48. The van der Waals surface area contributed by atoms with Crippen LogP contribution in [0.25, 0.3) is 10.6 Å². The van der Waals surface area contributed by atoms with Crippen LogP contribution < -0.4 is 5.32 Å². The Morgan fingerprint density at radius 2 is 2.00 bits per heavy atom. The number of aromatic nitrogens is 2. The number of hydrogen-bond acceptors (Lipinski definition) is 4. The molecule has 5 heteroatoms. The third kappa shape index (κ3) is 2.83.